The monoisotopic (exact) mass is 598 g/mol. The minimum atomic E-state index is -1.44. The van der Waals surface area contributed by atoms with Gasteiger partial charge in [0.1, 0.15) is 11.5 Å². The molecule has 1 N–H and O–H groups in total. The molecule has 0 unspecified atom stereocenters. The highest BCUT2D eigenvalue weighted by Gasteiger charge is 2.70. The Hall–Kier alpha value is -3.90. The molecule has 0 bridgehead atoms. The van der Waals surface area contributed by atoms with Gasteiger partial charge in [-0.2, -0.15) is 0 Å². The smallest absolute Gasteiger partial charge is 0.238 e. The molecule has 0 aliphatic carbocycles. The molecule has 0 saturated carbocycles. The van der Waals surface area contributed by atoms with Crippen molar-refractivity contribution in [2.45, 2.75) is 17.5 Å². The summed E-state index contributed by atoms with van der Waals surface area (Å²) in [6, 6.07) is 24.7. The van der Waals surface area contributed by atoms with E-state index in [1.54, 1.807) is 36.4 Å². The summed E-state index contributed by atoms with van der Waals surface area (Å²) < 4.78 is 0. The first-order valence-electron chi connectivity index (χ1n) is 13.1. The van der Waals surface area contributed by atoms with E-state index in [1.165, 1.54) is 6.07 Å². The number of carbonyl (C=O) groups excluding carboxylic acids is 3. The first kappa shape index (κ1) is 26.0. The third kappa shape index (κ3) is 3.73. The molecule has 3 aliphatic heterocycles. The number of halogens is 3. The Labute approximate surface area is 251 Å². The highest BCUT2D eigenvalue weighted by molar-refractivity contribution is 6.37. The van der Waals surface area contributed by atoms with Gasteiger partial charge in [-0.05, 0) is 71.3 Å². The van der Waals surface area contributed by atoms with Crippen LogP contribution >= 0.6 is 34.8 Å². The predicted octanol–water partition coefficient (Wildman–Crippen LogP) is 7.63. The molecule has 5 nitrogen and oxygen atoms in total. The number of nitrogens with one attached hydrogen (secondary N) is 1. The van der Waals surface area contributed by atoms with Crippen molar-refractivity contribution in [3.63, 3.8) is 0 Å². The van der Waals surface area contributed by atoms with E-state index in [4.69, 9.17) is 34.8 Å². The first-order valence-corrected chi connectivity index (χ1v) is 14.2. The number of ketones is 2. The molecule has 1 amide bonds. The number of Topliss-reactive ketones (excluding diaryl/α,β-unsaturated/α-hetero) is 2. The number of rotatable bonds is 4. The van der Waals surface area contributed by atoms with E-state index in [0.29, 0.717) is 26.9 Å². The van der Waals surface area contributed by atoms with Crippen molar-refractivity contribution in [3.05, 3.63) is 140 Å². The number of amides is 1. The van der Waals surface area contributed by atoms with Gasteiger partial charge in [-0.25, -0.2) is 0 Å². The van der Waals surface area contributed by atoms with Gasteiger partial charge in [-0.1, -0.05) is 77.3 Å². The van der Waals surface area contributed by atoms with E-state index in [9.17, 15) is 14.4 Å². The Morgan fingerprint density at radius 2 is 1.51 bits per heavy atom. The third-order valence-corrected chi connectivity index (χ3v) is 9.25. The number of carbonyl (C=O) groups is 3. The van der Waals surface area contributed by atoms with Gasteiger partial charge in [-0.15, -0.1) is 0 Å². The molecule has 202 valence electrons. The number of anilines is 1. The number of nitrogens with zero attached hydrogens (tertiary/aromatic N) is 1. The Morgan fingerprint density at radius 1 is 0.805 bits per heavy atom. The molecule has 8 heteroatoms. The maximum atomic E-state index is 14.8. The molecule has 3 aliphatic rings. The second kappa shape index (κ2) is 9.59. The summed E-state index contributed by atoms with van der Waals surface area (Å²) >= 11 is 18.9. The van der Waals surface area contributed by atoms with Gasteiger partial charge in [0.2, 0.25) is 5.91 Å². The summed E-state index contributed by atoms with van der Waals surface area (Å²) in [5.74, 6) is -2.18. The summed E-state index contributed by atoms with van der Waals surface area (Å²) in [4.78, 5) is 45.7. The van der Waals surface area contributed by atoms with E-state index in [0.717, 1.165) is 11.1 Å². The van der Waals surface area contributed by atoms with Crippen LogP contribution in [-0.2, 0) is 10.2 Å². The zero-order valence-corrected chi connectivity index (χ0v) is 23.6. The molecule has 3 heterocycles. The van der Waals surface area contributed by atoms with E-state index < -0.39 is 29.2 Å². The fourth-order valence-electron chi connectivity index (χ4n) is 6.81. The zero-order valence-electron chi connectivity index (χ0n) is 21.4. The molecule has 1 spiro atoms. The highest BCUT2D eigenvalue weighted by atomic mass is 35.5. The lowest BCUT2D eigenvalue weighted by Crippen LogP contribution is -2.49. The van der Waals surface area contributed by atoms with Gasteiger partial charge in [0.05, 0.1) is 17.0 Å². The summed E-state index contributed by atoms with van der Waals surface area (Å²) in [6.45, 7) is 0. The number of hydrogen-bond donors (Lipinski definition) is 1. The van der Waals surface area contributed by atoms with E-state index >= 15 is 0 Å². The largest absolute Gasteiger partial charge is 0.358 e. The molecular formula is C33H21Cl3N2O3. The van der Waals surface area contributed by atoms with Crippen molar-refractivity contribution in [1.82, 2.24) is 4.90 Å². The van der Waals surface area contributed by atoms with Crippen LogP contribution in [0.4, 0.5) is 5.69 Å². The highest BCUT2D eigenvalue weighted by Crippen LogP contribution is 2.62. The second-order valence-corrected chi connectivity index (χ2v) is 11.7. The summed E-state index contributed by atoms with van der Waals surface area (Å²) in [5.41, 5.74) is 2.19. The van der Waals surface area contributed by atoms with Gasteiger partial charge in [0.25, 0.3) is 0 Å². The Bertz CT molecular complexity index is 1800. The second-order valence-electron chi connectivity index (χ2n) is 10.4. The third-order valence-electron chi connectivity index (χ3n) is 8.45. The Kier molecular flexibility index (Phi) is 6.09. The van der Waals surface area contributed by atoms with Crippen LogP contribution in [-0.4, -0.2) is 28.4 Å². The molecule has 4 atom stereocenters. The fraction of sp³-hybridized carbons (Fsp3) is 0.121. The van der Waals surface area contributed by atoms with Crippen molar-refractivity contribution in [1.29, 1.82) is 0 Å². The minimum Gasteiger partial charge on any atom is -0.358 e. The molecule has 1 saturated heterocycles. The summed E-state index contributed by atoms with van der Waals surface area (Å²) in [5, 5.41) is 4.05. The maximum absolute atomic E-state index is 14.8. The van der Waals surface area contributed by atoms with Crippen molar-refractivity contribution >= 4 is 64.0 Å². The number of fused-ring (bicyclic) bond motifs is 6. The van der Waals surface area contributed by atoms with Crippen LogP contribution in [0.25, 0.3) is 6.08 Å². The van der Waals surface area contributed by atoms with Crippen LogP contribution in [0.1, 0.15) is 43.4 Å². The van der Waals surface area contributed by atoms with Gasteiger partial charge >= 0.3 is 0 Å². The molecule has 41 heavy (non-hydrogen) atoms. The van der Waals surface area contributed by atoms with E-state index in [2.05, 4.69) is 5.32 Å². The topological polar surface area (TPSA) is 66.5 Å². The molecule has 4 aromatic carbocycles. The average Bonchev–Trinajstić information content (AvgIpc) is 3.45. The molecule has 4 aromatic rings. The zero-order chi connectivity index (χ0) is 28.5. The number of para-hydroxylation sites is 1. The van der Waals surface area contributed by atoms with Gasteiger partial charge in [0, 0.05) is 33.1 Å². The lowest BCUT2D eigenvalue weighted by Gasteiger charge is -2.38. The molecule has 7 rings (SSSR count). The van der Waals surface area contributed by atoms with Gasteiger partial charge < -0.3 is 10.2 Å². The Balaban J connectivity index is 1.54. The standard InChI is InChI=1S/C33H21Cl3N2O3/c34-20-11-9-19(10-12-20)29(39)28-27(30(40)23-14-13-21(35)17-25(23)36)33(24-7-3-4-8-26(24)37-32(33)41)31-22-6-2-1-5-18(22)15-16-38(28)31/h1-17,27-28,31H,(H,37,41)/t27-,28+,31-,33+/m1/s1. The SMILES string of the molecule is O=C(c1ccc(Cl)cc1)[C@@H]1[C@H](C(=O)c2ccc(Cl)cc2Cl)[C@]2(C(=O)Nc3ccccc32)[C@H]2c3ccccc3C=CN12. The molecule has 1 fully saturated rings. The van der Waals surface area contributed by atoms with Crippen LogP contribution in [0.3, 0.4) is 0 Å². The summed E-state index contributed by atoms with van der Waals surface area (Å²) in [7, 11) is 0. The Morgan fingerprint density at radius 3 is 2.29 bits per heavy atom. The molecular weight excluding hydrogens is 579 g/mol. The lowest BCUT2D eigenvalue weighted by molar-refractivity contribution is -0.122. The summed E-state index contributed by atoms with van der Waals surface area (Å²) in [6.07, 6.45) is 3.75. The van der Waals surface area contributed by atoms with E-state index in [1.807, 2.05) is 65.7 Å². The van der Waals surface area contributed by atoms with Crippen LogP contribution < -0.4 is 5.32 Å². The van der Waals surface area contributed by atoms with Crippen molar-refractivity contribution in [3.8, 4) is 0 Å². The maximum Gasteiger partial charge on any atom is 0.238 e. The van der Waals surface area contributed by atoms with Crippen molar-refractivity contribution < 1.29 is 14.4 Å². The van der Waals surface area contributed by atoms with Crippen LogP contribution in [0.15, 0.2) is 97.2 Å². The quantitative estimate of drug-likeness (QED) is 0.245. The fourth-order valence-corrected chi connectivity index (χ4v) is 7.44. The number of benzene rings is 4. The van der Waals surface area contributed by atoms with Gasteiger partial charge in [-0.3, -0.25) is 14.4 Å². The molecule has 0 aromatic heterocycles. The first-order chi connectivity index (χ1) is 19.8. The number of hydrogen-bond acceptors (Lipinski definition) is 4. The van der Waals surface area contributed by atoms with Crippen LogP contribution in [0, 0.1) is 5.92 Å². The van der Waals surface area contributed by atoms with Crippen LogP contribution in [0.5, 0.6) is 0 Å². The molecule has 0 radical (unpaired) electrons. The van der Waals surface area contributed by atoms with Gasteiger partial charge in [0.15, 0.2) is 11.6 Å². The average molecular weight is 600 g/mol. The minimum absolute atomic E-state index is 0.155. The lowest BCUT2D eigenvalue weighted by atomic mass is 9.62. The normalized spacial score (nSPS) is 23.6. The van der Waals surface area contributed by atoms with Crippen molar-refractivity contribution in [2.75, 3.05) is 5.32 Å². The predicted molar refractivity (Wildman–Crippen MR) is 161 cm³/mol. The van der Waals surface area contributed by atoms with Crippen molar-refractivity contribution in [2.24, 2.45) is 5.92 Å². The van der Waals surface area contributed by atoms with Crippen LogP contribution in [0.2, 0.25) is 15.1 Å². The van der Waals surface area contributed by atoms with E-state index in [-0.39, 0.29) is 22.3 Å².